The lowest BCUT2D eigenvalue weighted by Crippen LogP contribution is -2.66. The van der Waals surface area contributed by atoms with Crippen LogP contribution in [0.15, 0.2) is 42.5 Å². The average molecular weight is 272 g/mol. The maximum Gasteiger partial charge on any atom is 0.253 e. The second kappa shape index (κ2) is 5.49. The predicted molar refractivity (Wildman–Crippen MR) is 77.9 cm³/mol. The fourth-order valence-electron chi connectivity index (χ4n) is 2.44. The van der Waals surface area contributed by atoms with E-state index in [1.807, 2.05) is 49.4 Å². The second-order valence-corrected chi connectivity index (χ2v) is 5.18. The Bertz CT molecular complexity index is 539. The summed E-state index contributed by atoms with van der Waals surface area (Å²) in [5, 5.41) is 2.86. The molecule has 0 aliphatic carbocycles. The van der Waals surface area contributed by atoms with Gasteiger partial charge in [-0.1, -0.05) is 42.5 Å². The summed E-state index contributed by atoms with van der Waals surface area (Å²) in [6.45, 7) is 5.86. The van der Waals surface area contributed by atoms with Gasteiger partial charge in [-0.15, -0.1) is 0 Å². The third-order valence-corrected chi connectivity index (χ3v) is 3.80. The molecule has 1 aliphatic rings. The summed E-state index contributed by atoms with van der Waals surface area (Å²) in [5.41, 5.74) is -0.192. The Labute approximate surface area is 119 Å². The quantitative estimate of drug-likeness (QED) is 0.853. The summed E-state index contributed by atoms with van der Waals surface area (Å²) in [5.74, 6) is -0.200. The van der Waals surface area contributed by atoms with E-state index in [4.69, 9.17) is 0 Å². The van der Waals surface area contributed by atoms with Crippen LogP contribution < -0.4 is 5.32 Å². The molecule has 2 atom stereocenters. The van der Waals surface area contributed by atoms with Gasteiger partial charge in [0.05, 0.1) is 0 Å². The minimum Gasteiger partial charge on any atom is -0.336 e. The Morgan fingerprint density at radius 3 is 2.55 bits per heavy atom. The molecule has 0 aromatic heterocycles. The van der Waals surface area contributed by atoms with Crippen LogP contribution in [0.25, 0.3) is 0 Å². The summed E-state index contributed by atoms with van der Waals surface area (Å²) >= 11 is 0. The average Bonchev–Trinajstić information content (AvgIpc) is 2.46. The zero-order valence-corrected chi connectivity index (χ0v) is 12.1. The molecule has 1 aliphatic heterocycles. The van der Waals surface area contributed by atoms with Crippen LogP contribution in [-0.2, 0) is 15.1 Å². The molecule has 1 saturated heterocycles. The van der Waals surface area contributed by atoms with Gasteiger partial charge in [0.2, 0.25) is 5.91 Å². The number of allylic oxidation sites excluding steroid dienone is 1. The number of carbonyl (C=O) groups excluding carboxylic acids is 2. The third kappa shape index (κ3) is 2.33. The molecule has 106 valence electrons. The second-order valence-electron chi connectivity index (χ2n) is 5.18. The number of nitrogens with zero attached hydrogens (tertiary/aromatic N) is 1. The van der Waals surface area contributed by atoms with Gasteiger partial charge in [0.15, 0.2) is 0 Å². The number of hydrogen-bond acceptors (Lipinski definition) is 2. The summed E-state index contributed by atoms with van der Waals surface area (Å²) in [6, 6.07) is 8.91. The van der Waals surface area contributed by atoms with Crippen LogP contribution in [0.5, 0.6) is 0 Å². The molecule has 0 saturated carbocycles. The Kier molecular flexibility index (Phi) is 3.93. The van der Waals surface area contributed by atoms with Gasteiger partial charge in [-0.2, -0.15) is 0 Å². The monoisotopic (exact) mass is 272 g/mol. The first-order chi connectivity index (χ1) is 9.50. The Hall–Kier alpha value is -2.10. The number of hydrogen-bond donors (Lipinski definition) is 1. The number of amides is 2. The van der Waals surface area contributed by atoms with Crippen LogP contribution in [0.3, 0.4) is 0 Å². The van der Waals surface area contributed by atoms with Gasteiger partial charge < -0.3 is 10.2 Å². The molecule has 1 aromatic carbocycles. The van der Waals surface area contributed by atoms with Crippen molar-refractivity contribution in [2.75, 3.05) is 6.54 Å². The van der Waals surface area contributed by atoms with Crippen LogP contribution in [0, 0.1) is 0 Å². The number of carbonyl (C=O) groups is 2. The normalized spacial score (nSPS) is 26.9. The maximum absolute atomic E-state index is 12.8. The van der Waals surface area contributed by atoms with Crippen molar-refractivity contribution in [2.24, 2.45) is 0 Å². The highest BCUT2D eigenvalue weighted by atomic mass is 16.2. The van der Waals surface area contributed by atoms with Gasteiger partial charge >= 0.3 is 0 Å². The molecule has 0 radical (unpaired) electrons. The molecule has 0 bridgehead atoms. The van der Waals surface area contributed by atoms with Gasteiger partial charge in [0, 0.05) is 6.54 Å². The maximum atomic E-state index is 12.8. The van der Waals surface area contributed by atoms with Crippen LogP contribution >= 0.6 is 0 Å². The molecular formula is C16H20N2O2. The molecule has 2 unspecified atom stereocenters. The van der Waals surface area contributed by atoms with Crippen LogP contribution in [-0.4, -0.2) is 29.3 Å². The number of nitrogens with one attached hydrogen (secondary N) is 1. The van der Waals surface area contributed by atoms with E-state index in [1.54, 1.807) is 18.7 Å². The van der Waals surface area contributed by atoms with Crippen molar-refractivity contribution in [1.29, 1.82) is 0 Å². The highest BCUT2D eigenvalue weighted by Crippen LogP contribution is 2.28. The molecule has 4 heteroatoms. The van der Waals surface area contributed by atoms with Crippen molar-refractivity contribution in [3.8, 4) is 0 Å². The zero-order chi connectivity index (χ0) is 14.8. The third-order valence-electron chi connectivity index (χ3n) is 3.80. The molecule has 1 heterocycles. The van der Waals surface area contributed by atoms with Crippen molar-refractivity contribution >= 4 is 11.8 Å². The fraction of sp³-hybridized carbons (Fsp3) is 0.375. The highest BCUT2D eigenvalue weighted by Gasteiger charge is 2.47. The summed E-state index contributed by atoms with van der Waals surface area (Å²) in [6.07, 6.45) is 3.77. The van der Waals surface area contributed by atoms with Crippen LogP contribution in [0.1, 0.15) is 26.3 Å². The van der Waals surface area contributed by atoms with Crippen LogP contribution in [0.2, 0.25) is 0 Å². The molecule has 20 heavy (non-hydrogen) atoms. The van der Waals surface area contributed by atoms with Crippen molar-refractivity contribution < 1.29 is 9.59 Å². The topological polar surface area (TPSA) is 49.4 Å². The van der Waals surface area contributed by atoms with Crippen molar-refractivity contribution in [3.63, 3.8) is 0 Å². The molecule has 2 amide bonds. The van der Waals surface area contributed by atoms with E-state index in [0.717, 1.165) is 5.56 Å². The van der Waals surface area contributed by atoms with Gasteiger partial charge in [0.1, 0.15) is 11.6 Å². The van der Waals surface area contributed by atoms with Crippen molar-refractivity contribution in [2.45, 2.75) is 32.4 Å². The lowest BCUT2D eigenvalue weighted by atomic mass is 9.87. The largest absolute Gasteiger partial charge is 0.336 e. The molecule has 0 spiro atoms. The summed E-state index contributed by atoms with van der Waals surface area (Å²) < 4.78 is 0. The number of rotatable bonds is 3. The number of benzene rings is 1. The smallest absolute Gasteiger partial charge is 0.253 e. The molecule has 1 N–H and O–H groups in total. The lowest BCUT2D eigenvalue weighted by molar-refractivity contribution is -0.153. The summed E-state index contributed by atoms with van der Waals surface area (Å²) in [7, 11) is 0. The minimum atomic E-state index is -0.994. The molecule has 1 aromatic rings. The molecular weight excluding hydrogens is 252 g/mol. The standard InChI is InChI=1S/C16H20N2O2/c1-4-5-11-18-12(2)14(19)17-16(3,15(18)20)13-9-7-6-8-10-13/h4-10,12H,11H2,1-3H3,(H,17,19)/b5-4+. The number of piperazine rings is 1. The molecule has 4 nitrogen and oxygen atoms in total. The Morgan fingerprint density at radius 2 is 1.95 bits per heavy atom. The Balaban J connectivity index is 2.39. The highest BCUT2D eigenvalue weighted by molar-refractivity contribution is 6.00. The first-order valence-corrected chi connectivity index (χ1v) is 6.80. The van der Waals surface area contributed by atoms with E-state index in [-0.39, 0.29) is 11.8 Å². The van der Waals surface area contributed by atoms with Crippen molar-refractivity contribution in [3.05, 3.63) is 48.0 Å². The van der Waals surface area contributed by atoms with Gasteiger partial charge in [-0.05, 0) is 26.3 Å². The Morgan fingerprint density at radius 1 is 1.30 bits per heavy atom. The van der Waals surface area contributed by atoms with Gasteiger partial charge in [-0.3, -0.25) is 9.59 Å². The van der Waals surface area contributed by atoms with E-state index in [0.29, 0.717) is 6.54 Å². The molecule has 2 rings (SSSR count). The van der Waals surface area contributed by atoms with Gasteiger partial charge in [-0.25, -0.2) is 0 Å². The van der Waals surface area contributed by atoms with E-state index >= 15 is 0 Å². The lowest BCUT2D eigenvalue weighted by Gasteiger charge is -2.43. The van der Waals surface area contributed by atoms with E-state index in [1.165, 1.54) is 0 Å². The van der Waals surface area contributed by atoms with E-state index in [2.05, 4.69) is 5.32 Å². The first kappa shape index (κ1) is 14.3. The fourth-order valence-corrected chi connectivity index (χ4v) is 2.44. The zero-order valence-electron chi connectivity index (χ0n) is 12.1. The van der Waals surface area contributed by atoms with Crippen molar-refractivity contribution in [1.82, 2.24) is 10.2 Å². The van der Waals surface area contributed by atoms with Gasteiger partial charge in [0.25, 0.3) is 5.91 Å². The van der Waals surface area contributed by atoms with E-state index in [9.17, 15) is 9.59 Å². The SMILES string of the molecule is C/C=C/CN1C(=O)C(C)(c2ccccc2)NC(=O)C1C. The van der Waals surface area contributed by atoms with Crippen LogP contribution in [0.4, 0.5) is 0 Å². The minimum absolute atomic E-state index is 0.0751. The van der Waals surface area contributed by atoms with E-state index < -0.39 is 11.6 Å². The molecule has 1 fully saturated rings. The summed E-state index contributed by atoms with van der Waals surface area (Å²) in [4.78, 5) is 26.6. The first-order valence-electron chi connectivity index (χ1n) is 6.80. The predicted octanol–water partition coefficient (Wildman–Crippen LogP) is 1.82.